The SMILES string of the molecule is CNc1nc(Cl)nc2c1ncn2Cc1cc(Cl)cc(C(=O)O)c1. The van der Waals surface area contributed by atoms with Crippen LogP contribution in [0.3, 0.4) is 0 Å². The number of aromatic nitrogens is 4. The van der Waals surface area contributed by atoms with E-state index < -0.39 is 5.97 Å². The summed E-state index contributed by atoms with van der Waals surface area (Å²) < 4.78 is 1.75. The molecule has 0 unspecified atom stereocenters. The second-order valence-electron chi connectivity index (χ2n) is 4.79. The molecule has 0 amide bonds. The molecule has 2 aromatic heterocycles. The number of hydrogen-bond donors (Lipinski definition) is 2. The zero-order valence-electron chi connectivity index (χ0n) is 11.9. The Morgan fingerprint density at radius 2 is 2.09 bits per heavy atom. The molecule has 0 saturated carbocycles. The van der Waals surface area contributed by atoms with Gasteiger partial charge in [0.15, 0.2) is 17.0 Å². The molecule has 2 N–H and O–H groups in total. The van der Waals surface area contributed by atoms with Gasteiger partial charge >= 0.3 is 5.97 Å². The minimum atomic E-state index is -1.04. The minimum absolute atomic E-state index is 0.0981. The lowest BCUT2D eigenvalue weighted by molar-refractivity contribution is 0.0696. The predicted molar refractivity (Wildman–Crippen MR) is 87.4 cm³/mol. The van der Waals surface area contributed by atoms with Crippen molar-refractivity contribution in [2.45, 2.75) is 6.54 Å². The molecule has 0 aliphatic carbocycles. The zero-order valence-corrected chi connectivity index (χ0v) is 13.4. The number of carboxylic acid groups (broad SMARTS) is 1. The van der Waals surface area contributed by atoms with Gasteiger partial charge in [0.1, 0.15) is 0 Å². The Morgan fingerprint density at radius 3 is 2.78 bits per heavy atom. The number of benzene rings is 1. The average Bonchev–Trinajstić information content (AvgIpc) is 2.88. The first-order chi connectivity index (χ1) is 11.0. The number of carboxylic acids is 1. The van der Waals surface area contributed by atoms with Crippen molar-refractivity contribution in [3.63, 3.8) is 0 Å². The standard InChI is InChI=1S/C14H11Cl2N5O2/c1-17-11-10-12(20-14(16)19-11)21(6-18-10)5-7-2-8(13(22)23)4-9(15)3-7/h2-4,6H,5H2,1H3,(H,22,23)(H,17,19,20). The summed E-state index contributed by atoms with van der Waals surface area (Å²) in [6.07, 6.45) is 1.60. The van der Waals surface area contributed by atoms with Crippen LogP contribution in [0.2, 0.25) is 10.3 Å². The van der Waals surface area contributed by atoms with Crippen LogP contribution in [0, 0.1) is 0 Å². The van der Waals surface area contributed by atoms with Crippen LogP contribution >= 0.6 is 23.2 Å². The van der Waals surface area contributed by atoms with E-state index in [9.17, 15) is 4.79 Å². The van der Waals surface area contributed by atoms with E-state index in [-0.39, 0.29) is 10.8 Å². The van der Waals surface area contributed by atoms with Crippen LogP contribution in [-0.2, 0) is 6.54 Å². The molecule has 0 spiro atoms. The van der Waals surface area contributed by atoms with Crippen LogP contribution in [0.4, 0.5) is 5.82 Å². The Hall–Kier alpha value is -2.38. The molecule has 2 heterocycles. The fourth-order valence-electron chi connectivity index (χ4n) is 2.27. The van der Waals surface area contributed by atoms with Crippen molar-refractivity contribution in [2.75, 3.05) is 12.4 Å². The van der Waals surface area contributed by atoms with E-state index in [2.05, 4.69) is 20.3 Å². The summed E-state index contributed by atoms with van der Waals surface area (Å²) in [7, 11) is 1.72. The van der Waals surface area contributed by atoms with E-state index in [1.165, 1.54) is 6.07 Å². The van der Waals surface area contributed by atoms with Gasteiger partial charge in [-0.3, -0.25) is 0 Å². The monoisotopic (exact) mass is 351 g/mol. The molecule has 0 saturated heterocycles. The number of nitrogens with zero attached hydrogens (tertiary/aromatic N) is 4. The number of hydrogen-bond acceptors (Lipinski definition) is 5. The average molecular weight is 352 g/mol. The molecule has 7 nitrogen and oxygen atoms in total. The molecule has 0 fully saturated rings. The van der Waals surface area contributed by atoms with Gasteiger partial charge in [-0.05, 0) is 35.4 Å². The van der Waals surface area contributed by atoms with Crippen molar-refractivity contribution in [2.24, 2.45) is 0 Å². The molecular formula is C14H11Cl2N5O2. The zero-order chi connectivity index (χ0) is 16.6. The first-order valence-corrected chi connectivity index (χ1v) is 7.32. The van der Waals surface area contributed by atoms with Gasteiger partial charge in [-0.1, -0.05) is 11.6 Å². The smallest absolute Gasteiger partial charge is 0.335 e. The van der Waals surface area contributed by atoms with Crippen LogP contribution in [-0.4, -0.2) is 37.6 Å². The van der Waals surface area contributed by atoms with Gasteiger partial charge in [0.2, 0.25) is 5.28 Å². The fraction of sp³-hybridized carbons (Fsp3) is 0.143. The molecule has 0 atom stereocenters. The second kappa shape index (κ2) is 6.02. The van der Waals surface area contributed by atoms with E-state index in [1.807, 2.05) is 0 Å². The minimum Gasteiger partial charge on any atom is -0.478 e. The van der Waals surface area contributed by atoms with Gasteiger partial charge in [-0.15, -0.1) is 0 Å². The first kappa shape index (κ1) is 15.5. The number of aromatic carboxylic acids is 1. The maximum Gasteiger partial charge on any atom is 0.335 e. The fourth-order valence-corrected chi connectivity index (χ4v) is 2.69. The summed E-state index contributed by atoms with van der Waals surface area (Å²) in [5.74, 6) is -0.511. The number of imidazole rings is 1. The van der Waals surface area contributed by atoms with Crippen LogP contribution in [0.5, 0.6) is 0 Å². The maximum absolute atomic E-state index is 11.1. The summed E-state index contributed by atoms with van der Waals surface area (Å²) >= 11 is 11.9. The highest BCUT2D eigenvalue weighted by molar-refractivity contribution is 6.31. The molecule has 1 aromatic carbocycles. The van der Waals surface area contributed by atoms with Crippen molar-refractivity contribution in [1.29, 1.82) is 0 Å². The van der Waals surface area contributed by atoms with Gasteiger partial charge in [0, 0.05) is 12.1 Å². The highest BCUT2D eigenvalue weighted by atomic mass is 35.5. The van der Waals surface area contributed by atoms with Gasteiger partial charge in [-0.2, -0.15) is 9.97 Å². The third-order valence-electron chi connectivity index (χ3n) is 3.23. The molecule has 0 aliphatic rings. The highest BCUT2D eigenvalue weighted by Crippen LogP contribution is 2.22. The molecule has 3 aromatic rings. The topological polar surface area (TPSA) is 92.9 Å². The van der Waals surface area contributed by atoms with Crippen molar-refractivity contribution in [3.8, 4) is 0 Å². The lowest BCUT2D eigenvalue weighted by Crippen LogP contribution is -2.04. The van der Waals surface area contributed by atoms with Crippen LogP contribution in [0.1, 0.15) is 15.9 Å². The number of carbonyl (C=O) groups is 1. The second-order valence-corrected chi connectivity index (χ2v) is 5.56. The molecule has 0 aliphatic heterocycles. The lowest BCUT2D eigenvalue weighted by Gasteiger charge is -2.07. The summed E-state index contributed by atoms with van der Waals surface area (Å²) in [5, 5.41) is 12.5. The molecule has 0 bridgehead atoms. The van der Waals surface area contributed by atoms with Crippen molar-refractivity contribution in [3.05, 3.63) is 46.0 Å². The Balaban J connectivity index is 2.05. The molecule has 3 rings (SSSR count). The van der Waals surface area contributed by atoms with Gasteiger partial charge in [-0.25, -0.2) is 9.78 Å². The predicted octanol–water partition coefficient (Wildman–Crippen LogP) is 2.92. The summed E-state index contributed by atoms with van der Waals surface area (Å²) in [6, 6.07) is 4.65. The Labute approximate surface area is 140 Å². The number of rotatable bonds is 4. The molecular weight excluding hydrogens is 341 g/mol. The highest BCUT2D eigenvalue weighted by Gasteiger charge is 2.13. The van der Waals surface area contributed by atoms with Gasteiger partial charge < -0.3 is 15.0 Å². The van der Waals surface area contributed by atoms with E-state index in [0.29, 0.717) is 28.5 Å². The van der Waals surface area contributed by atoms with Crippen molar-refractivity contribution >= 4 is 46.2 Å². The third kappa shape index (κ3) is 3.06. The maximum atomic E-state index is 11.1. The van der Waals surface area contributed by atoms with E-state index in [1.54, 1.807) is 30.1 Å². The van der Waals surface area contributed by atoms with E-state index in [4.69, 9.17) is 28.3 Å². The Kier molecular flexibility index (Phi) is 4.06. The normalized spacial score (nSPS) is 10.9. The molecule has 0 radical (unpaired) electrons. The lowest BCUT2D eigenvalue weighted by atomic mass is 10.1. The van der Waals surface area contributed by atoms with E-state index in [0.717, 1.165) is 5.56 Å². The summed E-state index contributed by atoms with van der Waals surface area (Å²) in [6.45, 7) is 0.355. The van der Waals surface area contributed by atoms with Crippen molar-refractivity contribution in [1.82, 2.24) is 19.5 Å². The quantitative estimate of drug-likeness (QED) is 0.702. The summed E-state index contributed by atoms with van der Waals surface area (Å²) in [5.41, 5.74) is 1.97. The van der Waals surface area contributed by atoms with Gasteiger partial charge in [0.05, 0.1) is 18.4 Å². The van der Waals surface area contributed by atoms with E-state index >= 15 is 0 Å². The van der Waals surface area contributed by atoms with Crippen LogP contribution in [0.15, 0.2) is 24.5 Å². The molecule has 23 heavy (non-hydrogen) atoms. The first-order valence-electron chi connectivity index (χ1n) is 6.57. The van der Waals surface area contributed by atoms with Crippen LogP contribution in [0.25, 0.3) is 11.2 Å². The summed E-state index contributed by atoms with van der Waals surface area (Å²) in [4.78, 5) is 23.6. The number of fused-ring (bicyclic) bond motifs is 1. The third-order valence-corrected chi connectivity index (χ3v) is 3.62. The van der Waals surface area contributed by atoms with Crippen LogP contribution < -0.4 is 5.32 Å². The number of nitrogens with one attached hydrogen (secondary N) is 1. The molecule has 118 valence electrons. The largest absolute Gasteiger partial charge is 0.478 e. The Morgan fingerprint density at radius 1 is 1.30 bits per heavy atom. The molecule has 9 heteroatoms. The number of halogens is 2. The Bertz CT molecular complexity index is 910. The van der Waals surface area contributed by atoms with Crippen molar-refractivity contribution < 1.29 is 9.90 Å². The van der Waals surface area contributed by atoms with Gasteiger partial charge in [0.25, 0.3) is 0 Å². The number of anilines is 1.